The third-order valence-corrected chi connectivity index (χ3v) is 3.64. The highest BCUT2D eigenvalue weighted by Crippen LogP contribution is 2.17. The van der Waals surface area contributed by atoms with Crippen molar-refractivity contribution in [3.05, 3.63) is 23.9 Å². The molecule has 0 radical (unpaired) electrons. The number of anilines is 1. The third kappa shape index (κ3) is 6.06. The molecule has 0 bridgehead atoms. The molecular formula is C17H28N4O2. The van der Waals surface area contributed by atoms with Gasteiger partial charge >= 0.3 is 6.09 Å². The van der Waals surface area contributed by atoms with Crippen LogP contribution in [0.2, 0.25) is 0 Å². The van der Waals surface area contributed by atoms with Crippen molar-refractivity contribution < 1.29 is 9.53 Å². The summed E-state index contributed by atoms with van der Waals surface area (Å²) in [6, 6.07) is 3.95. The van der Waals surface area contributed by atoms with Crippen molar-refractivity contribution in [3.8, 4) is 0 Å². The Kier molecular flexibility index (Phi) is 5.82. The number of pyridine rings is 1. The van der Waals surface area contributed by atoms with E-state index in [0.29, 0.717) is 13.0 Å². The zero-order chi connectivity index (χ0) is 16.9. The summed E-state index contributed by atoms with van der Waals surface area (Å²) in [5, 5.41) is 2.70. The summed E-state index contributed by atoms with van der Waals surface area (Å²) in [5.41, 5.74) is 6.65. The van der Waals surface area contributed by atoms with Gasteiger partial charge in [0.15, 0.2) is 0 Å². The molecule has 1 aliphatic rings. The van der Waals surface area contributed by atoms with Gasteiger partial charge in [-0.15, -0.1) is 0 Å². The topological polar surface area (TPSA) is 80.5 Å². The number of carbonyl (C=O) groups is 1. The zero-order valence-corrected chi connectivity index (χ0v) is 14.3. The Morgan fingerprint density at radius 2 is 2.09 bits per heavy atom. The van der Waals surface area contributed by atoms with Crippen LogP contribution in [0, 0.1) is 0 Å². The number of nitrogens with zero attached hydrogens (tertiary/aromatic N) is 2. The number of hydrogen-bond acceptors (Lipinski definition) is 5. The number of nitrogens with two attached hydrogens (primary N) is 1. The molecule has 128 valence electrons. The first-order valence-electron chi connectivity index (χ1n) is 8.26. The third-order valence-electron chi connectivity index (χ3n) is 3.64. The number of nitrogens with one attached hydrogen (secondary N) is 1. The first-order valence-corrected chi connectivity index (χ1v) is 8.26. The Labute approximate surface area is 138 Å². The number of hydrogen-bond donors (Lipinski definition) is 2. The molecule has 1 aromatic heterocycles. The molecule has 1 fully saturated rings. The van der Waals surface area contributed by atoms with Gasteiger partial charge < -0.3 is 20.7 Å². The number of alkyl carbamates (subject to hydrolysis) is 1. The van der Waals surface area contributed by atoms with Gasteiger partial charge in [0.05, 0.1) is 0 Å². The lowest BCUT2D eigenvalue weighted by Crippen LogP contribution is -2.41. The van der Waals surface area contributed by atoms with Crippen molar-refractivity contribution in [3.63, 3.8) is 0 Å². The second-order valence-corrected chi connectivity index (χ2v) is 7.07. The van der Waals surface area contributed by atoms with E-state index in [0.717, 1.165) is 24.5 Å². The maximum Gasteiger partial charge on any atom is 0.407 e. The first kappa shape index (κ1) is 17.5. The molecule has 1 amide bonds. The molecule has 3 N–H and O–H groups in total. The van der Waals surface area contributed by atoms with E-state index in [2.05, 4.69) is 27.3 Å². The first-order chi connectivity index (χ1) is 10.8. The summed E-state index contributed by atoms with van der Waals surface area (Å²) >= 11 is 0. The fourth-order valence-corrected chi connectivity index (χ4v) is 2.57. The average Bonchev–Trinajstić information content (AvgIpc) is 2.98. The molecule has 2 heterocycles. The molecule has 0 aliphatic carbocycles. The highest BCUT2D eigenvalue weighted by atomic mass is 16.6. The van der Waals surface area contributed by atoms with Crippen molar-refractivity contribution >= 4 is 11.9 Å². The number of carbonyl (C=O) groups excluding carboxylic acids is 1. The Morgan fingerprint density at radius 1 is 1.39 bits per heavy atom. The van der Waals surface area contributed by atoms with Crippen LogP contribution in [0.3, 0.4) is 0 Å². The molecule has 0 saturated carbocycles. The molecule has 0 aromatic carbocycles. The standard InChI is InChI=1S/C17H28N4O2/c1-17(2,3)23-16(22)20-12-14(18)10-13-6-7-15(19-11-13)21-8-4-5-9-21/h6-7,11,14H,4-5,8-10,12,18H2,1-3H3,(H,20,22). The molecule has 1 unspecified atom stereocenters. The number of ether oxygens (including phenoxy) is 1. The minimum Gasteiger partial charge on any atom is -0.444 e. The molecule has 6 heteroatoms. The van der Waals surface area contributed by atoms with E-state index in [9.17, 15) is 4.79 Å². The minimum absolute atomic E-state index is 0.165. The van der Waals surface area contributed by atoms with Gasteiger partial charge in [-0.1, -0.05) is 6.07 Å². The lowest BCUT2D eigenvalue weighted by atomic mass is 10.1. The monoisotopic (exact) mass is 320 g/mol. The quantitative estimate of drug-likeness (QED) is 0.868. The van der Waals surface area contributed by atoms with Crippen LogP contribution in [0.25, 0.3) is 0 Å². The molecule has 0 spiro atoms. The normalized spacial score (nSPS) is 16.3. The van der Waals surface area contributed by atoms with Crippen molar-refractivity contribution in [2.75, 3.05) is 24.5 Å². The summed E-state index contributed by atoms with van der Waals surface area (Å²) in [6.45, 7) is 8.06. The van der Waals surface area contributed by atoms with E-state index >= 15 is 0 Å². The smallest absolute Gasteiger partial charge is 0.407 e. The SMILES string of the molecule is CC(C)(C)OC(=O)NCC(N)Cc1ccc(N2CCCC2)nc1. The molecule has 23 heavy (non-hydrogen) atoms. The number of amides is 1. The van der Waals surface area contributed by atoms with Crippen LogP contribution >= 0.6 is 0 Å². The Balaban J connectivity index is 1.76. The van der Waals surface area contributed by atoms with Gasteiger partial charge in [-0.25, -0.2) is 9.78 Å². The molecule has 1 aliphatic heterocycles. The van der Waals surface area contributed by atoms with E-state index in [1.54, 1.807) is 0 Å². The van der Waals surface area contributed by atoms with E-state index in [1.807, 2.05) is 27.0 Å². The van der Waals surface area contributed by atoms with Gasteiger partial charge in [-0.3, -0.25) is 0 Å². The predicted octanol–water partition coefficient (Wildman–Crippen LogP) is 2.08. The van der Waals surface area contributed by atoms with Crippen LogP contribution in [0.1, 0.15) is 39.2 Å². The van der Waals surface area contributed by atoms with Crippen LogP contribution < -0.4 is 16.0 Å². The summed E-state index contributed by atoms with van der Waals surface area (Å²) in [4.78, 5) is 18.4. The summed E-state index contributed by atoms with van der Waals surface area (Å²) in [6.07, 6.45) is 4.59. The van der Waals surface area contributed by atoms with Crippen LogP contribution in [-0.2, 0) is 11.2 Å². The Morgan fingerprint density at radius 3 is 2.65 bits per heavy atom. The molecule has 2 rings (SSSR count). The maximum absolute atomic E-state index is 11.6. The highest BCUT2D eigenvalue weighted by molar-refractivity contribution is 5.67. The van der Waals surface area contributed by atoms with Gasteiger partial charge in [0.1, 0.15) is 11.4 Å². The van der Waals surface area contributed by atoms with Crippen LogP contribution in [0.4, 0.5) is 10.6 Å². The zero-order valence-electron chi connectivity index (χ0n) is 14.3. The van der Waals surface area contributed by atoms with Crippen LogP contribution in [-0.4, -0.2) is 42.4 Å². The number of rotatable bonds is 5. The average molecular weight is 320 g/mol. The second-order valence-electron chi connectivity index (χ2n) is 7.07. The van der Waals surface area contributed by atoms with Crippen molar-refractivity contribution in [1.29, 1.82) is 0 Å². The fraction of sp³-hybridized carbons (Fsp3) is 0.647. The summed E-state index contributed by atoms with van der Waals surface area (Å²) in [5.74, 6) is 1.03. The lowest BCUT2D eigenvalue weighted by molar-refractivity contribution is 0.0524. The Hall–Kier alpha value is -1.82. The van der Waals surface area contributed by atoms with Crippen molar-refractivity contribution in [2.45, 2.75) is 51.7 Å². The van der Waals surface area contributed by atoms with Gasteiger partial charge in [-0.2, -0.15) is 0 Å². The molecule has 1 atom stereocenters. The van der Waals surface area contributed by atoms with Crippen LogP contribution in [0.15, 0.2) is 18.3 Å². The molecule has 1 aromatic rings. The van der Waals surface area contributed by atoms with Gasteiger partial charge in [-0.05, 0) is 51.7 Å². The second kappa shape index (κ2) is 7.64. The molecule has 6 nitrogen and oxygen atoms in total. The summed E-state index contributed by atoms with van der Waals surface area (Å²) < 4.78 is 5.19. The van der Waals surface area contributed by atoms with Gasteiger partial charge in [0.2, 0.25) is 0 Å². The largest absolute Gasteiger partial charge is 0.444 e. The minimum atomic E-state index is -0.497. The van der Waals surface area contributed by atoms with Crippen LogP contribution in [0.5, 0.6) is 0 Å². The fourth-order valence-electron chi connectivity index (χ4n) is 2.57. The van der Waals surface area contributed by atoms with Crippen molar-refractivity contribution in [1.82, 2.24) is 10.3 Å². The molecule has 1 saturated heterocycles. The van der Waals surface area contributed by atoms with E-state index < -0.39 is 11.7 Å². The lowest BCUT2D eigenvalue weighted by Gasteiger charge is -2.21. The summed E-state index contributed by atoms with van der Waals surface area (Å²) in [7, 11) is 0. The predicted molar refractivity (Wildman–Crippen MR) is 91.6 cm³/mol. The van der Waals surface area contributed by atoms with E-state index in [1.165, 1.54) is 12.8 Å². The molecular weight excluding hydrogens is 292 g/mol. The van der Waals surface area contributed by atoms with Gasteiger partial charge in [0.25, 0.3) is 0 Å². The van der Waals surface area contributed by atoms with Gasteiger partial charge in [0, 0.05) is 31.9 Å². The Bertz CT molecular complexity index is 504. The maximum atomic E-state index is 11.6. The van der Waals surface area contributed by atoms with Crippen molar-refractivity contribution in [2.24, 2.45) is 5.73 Å². The van der Waals surface area contributed by atoms with E-state index in [4.69, 9.17) is 10.5 Å². The number of aromatic nitrogens is 1. The van der Waals surface area contributed by atoms with E-state index in [-0.39, 0.29) is 6.04 Å². The highest BCUT2D eigenvalue weighted by Gasteiger charge is 2.17.